The van der Waals surface area contributed by atoms with Crippen LogP contribution in [-0.2, 0) is 18.1 Å². The summed E-state index contributed by atoms with van der Waals surface area (Å²) in [6.45, 7) is 5.29. The Kier molecular flexibility index (Phi) is 4.72. The normalized spacial score (nSPS) is 17.6. The first kappa shape index (κ1) is 19.6. The Balaban J connectivity index is 1.94. The number of hydrogen-bond donors (Lipinski definition) is 0. The fourth-order valence-electron chi connectivity index (χ4n) is 3.45. The molecule has 2 heterocycles. The van der Waals surface area contributed by atoms with Gasteiger partial charge in [0.25, 0.3) is 5.92 Å². The largest absolute Gasteiger partial charge is 0.416 e. The molecule has 0 amide bonds. The molecular weight excluding hydrogens is 365 g/mol. The van der Waals surface area contributed by atoms with E-state index in [1.165, 1.54) is 28.0 Å². The number of anilines is 1. The summed E-state index contributed by atoms with van der Waals surface area (Å²) in [6, 6.07) is 4.17. The van der Waals surface area contributed by atoms with Gasteiger partial charge in [0.1, 0.15) is 0 Å². The summed E-state index contributed by atoms with van der Waals surface area (Å²) < 4.78 is 68.8. The first-order chi connectivity index (χ1) is 12.4. The van der Waals surface area contributed by atoms with Crippen LogP contribution in [0.15, 0.2) is 30.6 Å². The zero-order valence-corrected chi connectivity index (χ0v) is 15.4. The van der Waals surface area contributed by atoms with Gasteiger partial charge in [-0.3, -0.25) is 4.68 Å². The highest BCUT2D eigenvalue weighted by molar-refractivity contribution is 5.45. The van der Waals surface area contributed by atoms with Gasteiger partial charge >= 0.3 is 6.18 Å². The number of rotatable bonds is 3. The third-order valence-corrected chi connectivity index (χ3v) is 4.76. The highest BCUT2D eigenvalue weighted by Crippen LogP contribution is 2.38. The van der Waals surface area contributed by atoms with E-state index in [1.807, 2.05) is 20.8 Å². The van der Waals surface area contributed by atoms with Gasteiger partial charge in [0, 0.05) is 19.2 Å². The minimum atomic E-state index is -4.48. The van der Waals surface area contributed by atoms with Gasteiger partial charge in [0.2, 0.25) is 0 Å². The van der Waals surface area contributed by atoms with Crippen molar-refractivity contribution in [2.75, 3.05) is 18.0 Å². The number of benzene rings is 1. The van der Waals surface area contributed by atoms with Crippen molar-refractivity contribution < 1.29 is 22.0 Å². The van der Waals surface area contributed by atoms with E-state index in [0.717, 1.165) is 6.07 Å². The van der Waals surface area contributed by atoms with Gasteiger partial charge in [0.05, 0.1) is 30.5 Å². The molecule has 1 saturated heterocycles. The maximum absolute atomic E-state index is 13.5. The first-order valence-electron chi connectivity index (χ1n) is 8.72. The predicted octanol–water partition coefficient (Wildman–Crippen LogP) is 5.09. The van der Waals surface area contributed by atoms with E-state index in [2.05, 4.69) is 5.10 Å². The van der Waals surface area contributed by atoms with Gasteiger partial charge in [-0.25, -0.2) is 8.78 Å². The van der Waals surface area contributed by atoms with Gasteiger partial charge in [-0.05, 0) is 22.6 Å². The Hall–Kier alpha value is -2.12. The van der Waals surface area contributed by atoms with Crippen molar-refractivity contribution in [3.63, 3.8) is 0 Å². The number of hydrogen-bond acceptors (Lipinski definition) is 2. The summed E-state index contributed by atoms with van der Waals surface area (Å²) in [5, 5.41) is 4.11. The molecule has 0 bridgehead atoms. The number of halogens is 5. The maximum Gasteiger partial charge on any atom is 0.416 e. The second-order valence-electron chi connectivity index (χ2n) is 8.00. The monoisotopic (exact) mass is 387 g/mol. The van der Waals surface area contributed by atoms with Crippen molar-refractivity contribution in [3.05, 3.63) is 47.3 Å². The van der Waals surface area contributed by atoms with E-state index in [1.54, 1.807) is 6.07 Å². The van der Waals surface area contributed by atoms with Gasteiger partial charge in [-0.1, -0.05) is 32.9 Å². The summed E-state index contributed by atoms with van der Waals surface area (Å²) in [4.78, 5) is 1.50. The first-order valence-corrected chi connectivity index (χ1v) is 8.72. The second-order valence-corrected chi connectivity index (χ2v) is 8.00. The lowest BCUT2D eigenvalue weighted by atomic mass is 9.82. The number of aromatic nitrogens is 2. The maximum atomic E-state index is 13.5. The molecular formula is C19H22F5N3. The molecule has 8 heteroatoms. The Bertz CT molecular complexity index is 785. The van der Waals surface area contributed by atoms with Crippen molar-refractivity contribution >= 4 is 5.69 Å². The van der Waals surface area contributed by atoms with Crippen LogP contribution in [0.25, 0.3) is 0 Å². The van der Waals surface area contributed by atoms with Crippen LogP contribution in [0.5, 0.6) is 0 Å². The number of alkyl halides is 5. The molecule has 0 atom stereocenters. The molecule has 2 aromatic rings. The quantitative estimate of drug-likeness (QED) is 0.684. The van der Waals surface area contributed by atoms with Gasteiger partial charge < -0.3 is 4.90 Å². The number of nitrogens with zero attached hydrogens (tertiary/aromatic N) is 3. The molecule has 0 unspecified atom stereocenters. The van der Waals surface area contributed by atoms with Crippen LogP contribution in [-0.4, -0.2) is 28.8 Å². The second kappa shape index (κ2) is 6.49. The molecule has 0 N–H and O–H groups in total. The van der Waals surface area contributed by atoms with Crippen molar-refractivity contribution in [1.82, 2.24) is 9.78 Å². The van der Waals surface area contributed by atoms with E-state index in [9.17, 15) is 22.0 Å². The Morgan fingerprint density at radius 1 is 1.11 bits per heavy atom. The van der Waals surface area contributed by atoms with Crippen LogP contribution in [0.3, 0.4) is 0 Å². The minimum absolute atomic E-state index is 0.0769. The Labute approximate surface area is 154 Å². The lowest BCUT2D eigenvalue weighted by Gasteiger charge is -2.26. The molecule has 0 spiro atoms. The average Bonchev–Trinajstić information content (AvgIpc) is 3.11. The van der Waals surface area contributed by atoms with E-state index < -0.39 is 29.6 Å². The highest BCUT2D eigenvalue weighted by atomic mass is 19.4. The fraction of sp³-hybridized carbons (Fsp3) is 0.526. The molecule has 1 aromatic carbocycles. The molecule has 1 aromatic heterocycles. The lowest BCUT2D eigenvalue weighted by molar-refractivity contribution is -0.138. The summed E-state index contributed by atoms with van der Waals surface area (Å²) in [5.41, 5.74) is 0.0541. The highest BCUT2D eigenvalue weighted by Gasteiger charge is 2.39. The Morgan fingerprint density at radius 2 is 1.78 bits per heavy atom. The van der Waals surface area contributed by atoms with Gasteiger partial charge in [-0.15, -0.1) is 0 Å². The van der Waals surface area contributed by atoms with E-state index in [-0.39, 0.29) is 25.1 Å². The van der Waals surface area contributed by atoms with E-state index >= 15 is 0 Å². The molecule has 0 saturated carbocycles. The average molecular weight is 387 g/mol. The summed E-state index contributed by atoms with van der Waals surface area (Å²) in [7, 11) is 0. The molecule has 1 fully saturated rings. The lowest BCUT2D eigenvalue weighted by Crippen LogP contribution is -2.24. The van der Waals surface area contributed by atoms with Crippen LogP contribution in [0.2, 0.25) is 0 Å². The van der Waals surface area contributed by atoms with E-state index in [4.69, 9.17) is 0 Å². The summed E-state index contributed by atoms with van der Waals surface area (Å²) in [6.07, 6.45) is -1.76. The van der Waals surface area contributed by atoms with Crippen LogP contribution in [0.4, 0.5) is 27.6 Å². The van der Waals surface area contributed by atoms with Gasteiger partial charge in [-0.2, -0.15) is 18.3 Å². The zero-order valence-electron chi connectivity index (χ0n) is 15.4. The van der Waals surface area contributed by atoms with Crippen molar-refractivity contribution in [2.24, 2.45) is 0 Å². The molecule has 0 radical (unpaired) electrons. The third kappa shape index (κ3) is 4.25. The fourth-order valence-corrected chi connectivity index (χ4v) is 3.45. The Morgan fingerprint density at radius 3 is 2.33 bits per heavy atom. The molecule has 3 rings (SSSR count). The third-order valence-electron chi connectivity index (χ3n) is 4.76. The van der Waals surface area contributed by atoms with Crippen molar-refractivity contribution in [3.8, 4) is 0 Å². The standard InChI is InChI=1S/C19H22F5N3/c1-17(2,3)15-5-4-6-16(19(22,23)24)14(15)11-27-10-13(9-25-27)26-8-7-18(20,21)12-26/h4-6,9-10H,7-8,11-12H2,1-3H3. The molecule has 1 aliphatic rings. The molecule has 27 heavy (non-hydrogen) atoms. The molecule has 1 aliphatic heterocycles. The van der Waals surface area contributed by atoms with E-state index in [0.29, 0.717) is 11.3 Å². The van der Waals surface area contributed by atoms with Crippen LogP contribution in [0, 0.1) is 0 Å². The van der Waals surface area contributed by atoms with Crippen LogP contribution < -0.4 is 4.90 Å². The molecule has 0 aliphatic carbocycles. The SMILES string of the molecule is CC(C)(C)c1cccc(C(F)(F)F)c1Cn1cc(N2CCC(F)(F)C2)cn1. The summed E-state index contributed by atoms with van der Waals surface area (Å²) >= 11 is 0. The zero-order chi connectivity index (χ0) is 20.0. The summed E-state index contributed by atoms with van der Waals surface area (Å²) in [5.74, 6) is -2.75. The van der Waals surface area contributed by atoms with Gasteiger partial charge in [0.15, 0.2) is 0 Å². The smallest absolute Gasteiger partial charge is 0.363 e. The van der Waals surface area contributed by atoms with Crippen molar-refractivity contribution in [2.45, 2.75) is 51.3 Å². The van der Waals surface area contributed by atoms with Crippen molar-refractivity contribution in [1.29, 1.82) is 0 Å². The predicted molar refractivity (Wildman–Crippen MR) is 93.3 cm³/mol. The topological polar surface area (TPSA) is 21.1 Å². The molecule has 148 valence electrons. The molecule has 3 nitrogen and oxygen atoms in total. The van der Waals surface area contributed by atoms with Crippen LogP contribution >= 0.6 is 0 Å². The minimum Gasteiger partial charge on any atom is -0.363 e. The van der Waals surface area contributed by atoms with Crippen LogP contribution in [0.1, 0.15) is 43.9 Å².